The van der Waals surface area contributed by atoms with Gasteiger partial charge >= 0.3 is 0 Å². The van der Waals surface area contributed by atoms with Crippen molar-refractivity contribution in [3.63, 3.8) is 0 Å². The molecule has 0 radical (unpaired) electrons. The van der Waals surface area contributed by atoms with Crippen LogP contribution in [-0.2, 0) is 10.5 Å². The maximum absolute atomic E-state index is 12.4. The Kier molecular flexibility index (Phi) is 4.36. The number of carbonyl (C=O) groups excluding carboxylic acids is 1. The van der Waals surface area contributed by atoms with Crippen LogP contribution in [0.5, 0.6) is 0 Å². The first-order chi connectivity index (χ1) is 11.1. The standard InChI is InChI=1S/C19H24ClNOS/c20-17-3-1-13(2-4-17)11-23-12-18(22)21-19-8-14-5-15(9-19)7-16(6-14)10-19/h1-4,14-16H,5-12H2,(H,21,22). The zero-order chi connectivity index (χ0) is 15.9. The second-order valence-corrected chi connectivity index (χ2v) is 9.29. The van der Waals surface area contributed by atoms with E-state index in [1.165, 1.54) is 44.1 Å². The molecule has 4 fully saturated rings. The topological polar surface area (TPSA) is 29.1 Å². The number of halogens is 1. The lowest BCUT2D eigenvalue weighted by molar-refractivity contribution is -0.124. The summed E-state index contributed by atoms with van der Waals surface area (Å²) in [5.74, 6) is 4.29. The summed E-state index contributed by atoms with van der Waals surface area (Å²) >= 11 is 7.59. The van der Waals surface area contributed by atoms with Crippen LogP contribution in [0.1, 0.15) is 44.1 Å². The molecule has 0 saturated heterocycles. The SMILES string of the molecule is O=C(CSCc1ccc(Cl)cc1)NC12CC3CC(CC(C3)C1)C2. The van der Waals surface area contributed by atoms with Crippen molar-refractivity contribution in [1.29, 1.82) is 0 Å². The second-order valence-electron chi connectivity index (χ2n) is 7.87. The van der Waals surface area contributed by atoms with Crippen molar-refractivity contribution in [2.75, 3.05) is 5.75 Å². The van der Waals surface area contributed by atoms with Crippen LogP contribution in [0.15, 0.2) is 24.3 Å². The summed E-state index contributed by atoms with van der Waals surface area (Å²) in [6.07, 6.45) is 7.94. The van der Waals surface area contributed by atoms with Crippen molar-refractivity contribution in [2.24, 2.45) is 17.8 Å². The Labute approximate surface area is 147 Å². The summed E-state index contributed by atoms with van der Waals surface area (Å²) in [6, 6.07) is 7.89. The van der Waals surface area contributed by atoms with Crippen molar-refractivity contribution in [3.8, 4) is 0 Å². The van der Waals surface area contributed by atoms with E-state index in [0.717, 1.165) is 28.5 Å². The molecule has 0 aromatic heterocycles. The van der Waals surface area contributed by atoms with Crippen molar-refractivity contribution in [3.05, 3.63) is 34.9 Å². The molecule has 5 rings (SSSR count). The van der Waals surface area contributed by atoms with Gasteiger partial charge in [-0.1, -0.05) is 23.7 Å². The molecule has 4 heteroatoms. The van der Waals surface area contributed by atoms with Crippen molar-refractivity contribution >= 4 is 29.3 Å². The molecule has 0 spiro atoms. The smallest absolute Gasteiger partial charge is 0.230 e. The highest BCUT2D eigenvalue weighted by Crippen LogP contribution is 2.55. The number of amides is 1. The van der Waals surface area contributed by atoms with E-state index in [-0.39, 0.29) is 11.4 Å². The summed E-state index contributed by atoms with van der Waals surface area (Å²) in [5.41, 5.74) is 1.37. The molecule has 0 aliphatic heterocycles. The van der Waals surface area contributed by atoms with Gasteiger partial charge in [-0.15, -0.1) is 11.8 Å². The minimum absolute atomic E-state index is 0.146. The average Bonchev–Trinajstić information content (AvgIpc) is 2.47. The van der Waals surface area contributed by atoms with Crippen molar-refractivity contribution < 1.29 is 4.79 Å². The summed E-state index contributed by atoms with van der Waals surface area (Å²) in [7, 11) is 0. The fourth-order valence-corrected chi connectivity index (χ4v) is 6.35. The van der Waals surface area contributed by atoms with Gasteiger partial charge in [-0.3, -0.25) is 4.79 Å². The lowest BCUT2D eigenvalue weighted by Gasteiger charge is -2.56. The Balaban J connectivity index is 1.28. The number of nitrogens with one attached hydrogen (secondary N) is 1. The number of hydrogen-bond acceptors (Lipinski definition) is 2. The summed E-state index contributed by atoms with van der Waals surface area (Å²) in [6.45, 7) is 0. The predicted octanol–water partition coefficient (Wildman–Crippen LogP) is 4.66. The lowest BCUT2D eigenvalue weighted by Crippen LogP contribution is -2.60. The quantitative estimate of drug-likeness (QED) is 0.837. The highest BCUT2D eigenvalue weighted by Gasteiger charge is 2.51. The molecular weight excluding hydrogens is 326 g/mol. The maximum Gasteiger partial charge on any atom is 0.230 e. The highest BCUT2D eigenvalue weighted by atomic mass is 35.5. The summed E-state index contributed by atoms with van der Waals surface area (Å²) in [4.78, 5) is 12.4. The molecule has 4 aliphatic rings. The van der Waals surface area contributed by atoms with Gasteiger partial charge in [-0.2, -0.15) is 0 Å². The lowest BCUT2D eigenvalue weighted by atomic mass is 9.53. The highest BCUT2D eigenvalue weighted by molar-refractivity contribution is 7.99. The van der Waals surface area contributed by atoms with E-state index >= 15 is 0 Å². The first kappa shape index (κ1) is 15.8. The van der Waals surface area contributed by atoms with E-state index < -0.39 is 0 Å². The second kappa shape index (κ2) is 6.33. The summed E-state index contributed by atoms with van der Waals surface area (Å²) < 4.78 is 0. The third-order valence-electron chi connectivity index (χ3n) is 5.86. The van der Waals surface area contributed by atoms with Crippen molar-refractivity contribution in [1.82, 2.24) is 5.32 Å². The number of hydrogen-bond donors (Lipinski definition) is 1. The zero-order valence-corrected chi connectivity index (χ0v) is 15.0. The molecule has 0 heterocycles. The molecule has 23 heavy (non-hydrogen) atoms. The zero-order valence-electron chi connectivity index (χ0n) is 13.4. The van der Waals surface area contributed by atoms with E-state index in [0.29, 0.717) is 5.75 Å². The Hall–Kier alpha value is -0.670. The van der Waals surface area contributed by atoms with Gasteiger partial charge in [0.05, 0.1) is 5.75 Å². The van der Waals surface area contributed by atoms with Crippen molar-refractivity contribution in [2.45, 2.75) is 49.8 Å². The molecule has 1 aromatic rings. The fraction of sp³-hybridized carbons (Fsp3) is 0.632. The maximum atomic E-state index is 12.4. The van der Waals surface area contributed by atoms with Crippen LogP contribution in [-0.4, -0.2) is 17.2 Å². The van der Waals surface area contributed by atoms with Crippen LogP contribution in [0.3, 0.4) is 0 Å². The Morgan fingerprint density at radius 3 is 2.22 bits per heavy atom. The van der Waals surface area contributed by atoms with Gasteiger partial charge in [0.25, 0.3) is 0 Å². The molecule has 2 nitrogen and oxygen atoms in total. The van der Waals surface area contributed by atoms with Crippen LogP contribution in [0.4, 0.5) is 0 Å². The number of rotatable bonds is 5. The van der Waals surface area contributed by atoms with Crippen LogP contribution in [0.25, 0.3) is 0 Å². The average molecular weight is 350 g/mol. The van der Waals surface area contributed by atoms with Gasteiger partial charge < -0.3 is 5.32 Å². The van der Waals surface area contributed by atoms with Crippen LogP contribution in [0.2, 0.25) is 5.02 Å². The van der Waals surface area contributed by atoms with E-state index in [9.17, 15) is 4.79 Å². The minimum atomic E-state index is 0.146. The van der Waals surface area contributed by atoms with E-state index in [4.69, 9.17) is 11.6 Å². The first-order valence-corrected chi connectivity index (χ1v) is 10.3. The Morgan fingerprint density at radius 2 is 1.65 bits per heavy atom. The van der Waals surface area contributed by atoms with Gasteiger partial charge in [-0.25, -0.2) is 0 Å². The van der Waals surface area contributed by atoms with Gasteiger partial charge in [0.2, 0.25) is 5.91 Å². The monoisotopic (exact) mass is 349 g/mol. The van der Waals surface area contributed by atoms with Crippen LogP contribution >= 0.6 is 23.4 Å². The van der Waals surface area contributed by atoms with Gasteiger partial charge in [0, 0.05) is 16.3 Å². The van der Waals surface area contributed by atoms with E-state index in [1.54, 1.807) is 11.8 Å². The van der Waals surface area contributed by atoms with Gasteiger partial charge in [-0.05, 0) is 74.0 Å². The molecule has 1 aromatic carbocycles. The number of carbonyl (C=O) groups is 1. The molecule has 0 atom stereocenters. The molecule has 0 unspecified atom stereocenters. The van der Waals surface area contributed by atoms with E-state index in [2.05, 4.69) is 5.32 Å². The van der Waals surface area contributed by atoms with Gasteiger partial charge in [0.15, 0.2) is 0 Å². The normalized spacial score (nSPS) is 34.6. The molecule has 124 valence electrons. The number of thioether (sulfide) groups is 1. The largest absolute Gasteiger partial charge is 0.350 e. The third kappa shape index (κ3) is 3.56. The molecule has 4 aliphatic carbocycles. The first-order valence-electron chi connectivity index (χ1n) is 8.73. The molecule has 1 N–H and O–H groups in total. The third-order valence-corrected chi connectivity index (χ3v) is 7.11. The summed E-state index contributed by atoms with van der Waals surface area (Å²) in [5, 5.41) is 4.20. The number of benzene rings is 1. The molecule has 1 amide bonds. The molecule has 4 saturated carbocycles. The van der Waals surface area contributed by atoms with Crippen LogP contribution < -0.4 is 5.32 Å². The van der Waals surface area contributed by atoms with Crippen LogP contribution in [0, 0.1) is 17.8 Å². The fourth-order valence-electron chi connectivity index (χ4n) is 5.44. The van der Waals surface area contributed by atoms with Gasteiger partial charge in [0.1, 0.15) is 0 Å². The Bertz CT molecular complexity index is 550. The van der Waals surface area contributed by atoms with E-state index in [1.807, 2.05) is 24.3 Å². The predicted molar refractivity (Wildman–Crippen MR) is 96.7 cm³/mol. The minimum Gasteiger partial charge on any atom is -0.350 e. The molecular formula is C19H24ClNOS. The Morgan fingerprint density at radius 1 is 1.09 bits per heavy atom. The molecule has 4 bridgehead atoms.